The summed E-state index contributed by atoms with van der Waals surface area (Å²) in [4.78, 5) is 14.0. The molecule has 4 nitrogen and oxygen atoms in total. The van der Waals surface area contributed by atoms with Gasteiger partial charge in [0.05, 0.1) is 6.10 Å². The van der Waals surface area contributed by atoms with Gasteiger partial charge >= 0.3 is 0 Å². The molecule has 0 aromatic heterocycles. The highest BCUT2D eigenvalue weighted by Crippen LogP contribution is 2.23. The molecule has 0 spiro atoms. The van der Waals surface area contributed by atoms with Crippen LogP contribution >= 0.6 is 0 Å². The van der Waals surface area contributed by atoms with Crippen molar-refractivity contribution in [2.75, 3.05) is 19.6 Å². The zero-order valence-corrected chi connectivity index (χ0v) is 13.6. The summed E-state index contributed by atoms with van der Waals surface area (Å²) in [5.74, 6) is -1.32. The lowest BCUT2D eigenvalue weighted by molar-refractivity contribution is -0.127. The standard InChI is InChI=1S/C17H24F2N2O2/c1-11(2)20-17(23)12-5-7-21(8-6-12)10-16(22)14-4-3-13(18)9-15(14)19/h3-4,9,11-12,16,22H,5-8,10H2,1-2H3,(H,20,23). The van der Waals surface area contributed by atoms with Crippen molar-refractivity contribution in [2.45, 2.75) is 38.8 Å². The van der Waals surface area contributed by atoms with Crippen LogP contribution in [0.25, 0.3) is 0 Å². The van der Waals surface area contributed by atoms with E-state index in [0.29, 0.717) is 13.1 Å². The molecule has 1 aromatic carbocycles. The van der Waals surface area contributed by atoms with Crippen molar-refractivity contribution < 1.29 is 18.7 Å². The van der Waals surface area contributed by atoms with Crippen molar-refractivity contribution in [2.24, 2.45) is 5.92 Å². The van der Waals surface area contributed by atoms with Gasteiger partial charge in [0.1, 0.15) is 11.6 Å². The summed E-state index contributed by atoms with van der Waals surface area (Å²) in [5.41, 5.74) is 0.103. The molecule has 0 radical (unpaired) electrons. The Bertz CT molecular complexity index is 543. The van der Waals surface area contributed by atoms with E-state index in [9.17, 15) is 18.7 Å². The Balaban J connectivity index is 1.85. The molecule has 1 unspecified atom stereocenters. The summed E-state index contributed by atoms with van der Waals surface area (Å²) in [7, 11) is 0. The SMILES string of the molecule is CC(C)NC(=O)C1CCN(CC(O)c2ccc(F)cc2F)CC1. The number of β-amino-alcohol motifs (C(OH)–C–C–N with tert-alkyl or cyclic N) is 1. The minimum absolute atomic E-state index is 0.00616. The first-order valence-corrected chi connectivity index (χ1v) is 8.02. The van der Waals surface area contributed by atoms with E-state index in [2.05, 4.69) is 5.32 Å². The zero-order chi connectivity index (χ0) is 17.0. The average Bonchev–Trinajstić information content (AvgIpc) is 2.47. The van der Waals surface area contributed by atoms with Gasteiger partial charge in [0.15, 0.2) is 0 Å². The third kappa shape index (κ3) is 4.97. The van der Waals surface area contributed by atoms with Crippen molar-refractivity contribution >= 4 is 5.91 Å². The van der Waals surface area contributed by atoms with Crippen LogP contribution in [0.4, 0.5) is 8.78 Å². The molecule has 1 aromatic rings. The maximum atomic E-state index is 13.7. The van der Waals surface area contributed by atoms with Crippen LogP contribution in [-0.2, 0) is 4.79 Å². The first-order valence-electron chi connectivity index (χ1n) is 8.02. The van der Waals surface area contributed by atoms with Gasteiger partial charge in [-0.15, -0.1) is 0 Å². The number of aliphatic hydroxyl groups excluding tert-OH is 1. The Hall–Kier alpha value is -1.53. The topological polar surface area (TPSA) is 52.6 Å². The predicted octanol–water partition coefficient (Wildman–Crippen LogP) is 2.23. The molecule has 1 aliphatic heterocycles. The summed E-state index contributed by atoms with van der Waals surface area (Å²) in [6, 6.07) is 3.33. The van der Waals surface area contributed by atoms with E-state index in [1.165, 1.54) is 6.07 Å². The smallest absolute Gasteiger partial charge is 0.223 e. The molecule has 0 bridgehead atoms. The fourth-order valence-electron chi connectivity index (χ4n) is 2.89. The highest BCUT2D eigenvalue weighted by Gasteiger charge is 2.27. The molecule has 1 amide bonds. The molecule has 2 rings (SSSR count). The second kappa shape index (κ2) is 7.84. The highest BCUT2D eigenvalue weighted by molar-refractivity contribution is 5.78. The molecule has 1 atom stereocenters. The van der Waals surface area contributed by atoms with Crippen molar-refractivity contribution in [1.29, 1.82) is 0 Å². The summed E-state index contributed by atoms with van der Waals surface area (Å²) in [5, 5.41) is 13.1. The number of carbonyl (C=O) groups excluding carboxylic acids is 1. The molecule has 6 heteroatoms. The van der Waals surface area contributed by atoms with Crippen LogP contribution in [0, 0.1) is 17.6 Å². The number of likely N-dealkylation sites (tertiary alicyclic amines) is 1. The van der Waals surface area contributed by atoms with Gasteiger partial charge in [-0.25, -0.2) is 8.78 Å². The number of halogens is 2. The Morgan fingerprint density at radius 2 is 2.00 bits per heavy atom. The maximum absolute atomic E-state index is 13.7. The van der Waals surface area contributed by atoms with Gasteiger partial charge in [-0.2, -0.15) is 0 Å². The number of carbonyl (C=O) groups is 1. The van der Waals surface area contributed by atoms with E-state index >= 15 is 0 Å². The van der Waals surface area contributed by atoms with E-state index in [-0.39, 0.29) is 30.0 Å². The fraction of sp³-hybridized carbons (Fsp3) is 0.588. The normalized spacial score (nSPS) is 18.2. The molecule has 1 fully saturated rings. The molecule has 1 aliphatic rings. The van der Waals surface area contributed by atoms with Crippen LogP contribution in [-0.4, -0.2) is 41.6 Å². The summed E-state index contributed by atoms with van der Waals surface area (Å²) in [6.07, 6.45) is 0.436. The van der Waals surface area contributed by atoms with Crippen molar-refractivity contribution in [3.05, 3.63) is 35.4 Å². The van der Waals surface area contributed by atoms with Crippen molar-refractivity contribution in [3.63, 3.8) is 0 Å². The van der Waals surface area contributed by atoms with Crippen LogP contribution < -0.4 is 5.32 Å². The van der Waals surface area contributed by atoms with E-state index in [0.717, 1.165) is 25.0 Å². The van der Waals surface area contributed by atoms with Gasteiger partial charge in [0, 0.05) is 30.1 Å². The quantitative estimate of drug-likeness (QED) is 0.872. The molecule has 2 N–H and O–H groups in total. The number of piperidine rings is 1. The van der Waals surface area contributed by atoms with Gasteiger partial charge in [-0.3, -0.25) is 4.79 Å². The summed E-state index contributed by atoms with van der Waals surface area (Å²) >= 11 is 0. The molecule has 1 heterocycles. The van der Waals surface area contributed by atoms with Crippen LogP contribution in [0.5, 0.6) is 0 Å². The number of nitrogens with one attached hydrogen (secondary N) is 1. The van der Waals surface area contributed by atoms with E-state index in [1.54, 1.807) is 0 Å². The Morgan fingerprint density at radius 3 is 2.57 bits per heavy atom. The number of rotatable bonds is 5. The highest BCUT2D eigenvalue weighted by atomic mass is 19.1. The fourth-order valence-corrected chi connectivity index (χ4v) is 2.89. The second-order valence-electron chi connectivity index (χ2n) is 6.42. The lowest BCUT2D eigenvalue weighted by Gasteiger charge is -2.33. The molecule has 128 valence electrons. The Labute approximate surface area is 135 Å². The molecule has 1 saturated heterocycles. The van der Waals surface area contributed by atoms with E-state index in [1.807, 2.05) is 18.7 Å². The van der Waals surface area contributed by atoms with Crippen molar-refractivity contribution in [3.8, 4) is 0 Å². The molecular formula is C17H24F2N2O2. The minimum atomic E-state index is -1.00. The average molecular weight is 326 g/mol. The monoisotopic (exact) mass is 326 g/mol. The first kappa shape index (κ1) is 17.8. The molecular weight excluding hydrogens is 302 g/mol. The predicted molar refractivity (Wildman–Crippen MR) is 83.8 cm³/mol. The maximum Gasteiger partial charge on any atom is 0.223 e. The third-order valence-corrected chi connectivity index (χ3v) is 4.14. The number of hydrogen-bond donors (Lipinski definition) is 2. The number of amides is 1. The van der Waals surface area contributed by atoms with Gasteiger partial charge in [0.2, 0.25) is 5.91 Å². The van der Waals surface area contributed by atoms with Crippen LogP contribution in [0.1, 0.15) is 38.4 Å². The first-order chi connectivity index (χ1) is 10.9. The number of aliphatic hydroxyl groups is 1. The molecule has 0 saturated carbocycles. The molecule has 0 aliphatic carbocycles. The van der Waals surface area contributed by atoms with Crippen LogP contribution in [0.15, 0.2) is 18.2 Å². The Morgan fingerprint density at radius 1 is 1.35 bits per heavy atom. The third-order valence-electron chi connectivity index (χ3n) is 4.14. The van der Waals surface area contributed by atoms with Crippen LogP contribution in [0.2, 0.25) is 0 Å². The van der Waals surface area contributed by atoms with Crippen molar-refractivity contribution in [1.82, 2.24) is 10.2 Å². The van der Waals surface area contributed by atoms with Gasteiger partial charge in [-0.05, 0) is 45.8 Å². The second-order valence-corrected chi connectivity index (χ2v) is 6.42. The number of hydrogen-bond acceptors (Lipinski definition) is 3. The number of nitrogens with zero attached hydrogens (tertiary/aromatic N) is 1. The zero-order valence-electron chi connectivity index (χ0n) is 13.6. The summed E-state index contributed by atoms with van der Waals surface area (Å²) in [6.45, 7) is 5.49. The minimum Gasteiger partial charge on any atom is -0.387 e. The van der Waals surface area contributed by atoms with E-state index < -0.39 is 17.7 Å². The molecule has 23 heavy (non-hydrogen) atoms. The number of benzene rings is 1. The lowest BCUT2D eigenvalue weighted by Crippen LogP contribution is -2.43. The lowest BCUT2D eigenvalue weighted by atomic mass is 9.95. The Kier molecular flexibility index (Phi) is 6.07. The van der Waals surface area contributed by atoms with Gasteiger partial charge in [0.25, 0.3) is 0 Å². The van der Waals surface area contributed by atoms with Gasteiger partial charge in [-0.1, -0.05) is 6.07 Å². The van der Waals surface area contributed by atoms with Crippen LogP contribution in [0.3, 0.4) is 0 Å². The van der Waals surface area contributed by atoms with Gasteiger partial charge < -0.3 is 15.3 Å². The summed E-state index contributed by atoms with van der Waals surface area (Å²) < 4.78 is 26.6. The largest absolute Gasteiger partial charge is 0.387 e. The van der Waals surface area contributed by atoms with E-state index in [4.69, 9.17) is 0 Å².